The predicted molar refractivity (Wildman–Crippen MR) is 105 cm³/mol. The average molecular weight is 400 g/mol. The van der Waals surface area contributed by atoms with E-state index in [1.54, 1.807) is 6.92 Å². The second kappa shape index (κ2) is 9.31. The largest absolute Gasteiger partial charge is 0.461 e. The molecule has 3 amide bonds. The van der Waals surface area contributed by atoms with Gasteiger partial charge in [-0.05, 0) is 25.5 Å². The Hall–Kier alpha value is -3.23. The van der Waals surface area contributed by atoms with Crippen LogP contribution in [0.15, 0.2) is 35.4 Å². The smallest absolute Gasteiger partial charge is 0.354 e. The molecule has 2 aliphatic rings. The molecule has 3 rings (SSSR count). The Morgan fingerprint density at radius 3 is 2.52 bits per heavy atom. The van der Waals surface area contributed by atoms with Gasteiger partial charge in [-0.1, -0.05) is 18.2 Å². The molecule has 0 radical (unpaired) electrons. The van der Waals surface area contributed by atoms with Crippen LogP contribution in [0.2, 0.25) is 0 Å². The van der Waals surface area contributed by atoms with Crippen molar-refractivity contribution in [3.05, 3.63) is 30.3 Å². The van der Waals surface area contributed by atoms with E-state index >= 15 is 0 Å². The molecule has 1 aromatic rings. The first-order chi connectivity index (χ1) is 14.0. The lowest BCUT2D eigenvalue weighted by atomic mass is 10.1. The molecule has 0 aliphatic carbocycles. The van der Waals surface area contributed by atoms with Gasteiger partial charge < -0.3 is 10.1 Å². The molecule has 1 atom stereocenters. The van der Waals surface area contributed by atoms with Gasteiger partial charge >= 0.3 is 5.97 Å². The molecule has 154 valence electrons. The Kier molecular flexibility index (Phi) is 6.58. The van der Waals surface area contributed by atoms with E-state index in [1.165, 1.54) is 9.91 Å². The van der Waals surface area contributed by atoms with Gasteiger partial charge in [0.05, 0.1) is 12.3 Å². The summed E-state index contributed by atoms with van der Waals surface area (Å²) in [5.74, 6) is -1.15. The van der Waals surface area contributed by atoms with Crippen LogP contribution < -0.4 is 10.3 Å². The third-order valence-corrected chi connectivity index (χ3v) is 4.76. The highest BCUT2D eigenvalue weighted by atomic mass is 16.5. The number of ether oxygens (including phenoxy) is 1. The van der Waals surface area contributed by atoms with E-state index in [0.29, 0.717) is 18.7 Å². The maximum atomic E-state index is 12.8. The van der Waals surface area contributed by atoms with E-state index < -0.39 is 12.0 Å². The van der Waals surface area contributed by atoms with Crippen LogP contribution in [-0.4, -0.2) is 60.0 Å². The maximum Gasteiger partial charge on any atom is 0.354 e. The number of amides is 3. The van der Waals surface area contributed by atoms with Gasteiger partial charge in [-0.15, -0.1) is 0 Å². The van der Waals surface area contributed by atoms with Crippen LogP contribution in [0, 0.1) is 0 Å². The average Bonchev–Trinajstić information content (AvgIpc) is 3.31. The molecule has 0 spiro atoms. The van der Waals surface area contributed by atoms with E-state index in [1.807, 2.05) is 30.3 Å². The van der Waals surface area contributed by atoms with Crippen molar-refractivity contribution in [2.45, 2.75) is 38.6 Å². The SMILES string of the molecule is CCOC(=O)C1=NN(c2ccccc2)C(C(=O)NCCCN2C(=O)CCC2=O)C1. The summed E-state index contributed by atoms with van der Waals surface area (Å²) in [4.78, 5) is 49.3. The number of rotatable bonds is 8. The monoisotopic (exact) mass is 400 g/mol. The lowest BCUT2D eigenvalue weighted by Crippen LogP contribution is -2.43. The maximum absolute atomic E-state index is 12.8. The molecule has 1 fully saturated rings. The van der Waals surface area contributed by atoms with Crippen molar-refractivity contribution < 1.29 is 23.9 Å². The number of likely N-dealkylation sites (tertiary alicyclic amines) is 1. The van der Waals surface area contributed by atoms with Crippen LogP contribution in [-0.2, 0) is 23.9 Å². The highest BCUT2D eigenvalue weighted by Crippen LogP contribution is 2.25. The lowest BCUT2D eigenvalue weighted by molar-refractivity contribution is -0.138. The van der Waals surface area contributed by atoms with Gasteiger partial charge in [0.25, 0.3) is 0 Å². The predicted octanol–water partition coefficient (Wildman–Crippen LogP) is 0.840. The number of nitrogens with zero attached hydrogens (tertiary/aromatic N) is 3. The number of nitrogens with one attached hydrogen (secondary N) is 1. The summed E-state index contributed by atoms with van der Waals surface area (Å²) >= 11 is 0. The quantitative estimate of drug-likeness (QED) is 0.394. The Bertz CT molecular complexity index is 807. The summed E-state index contributed by atoms with van der Waals surface area (Å²) in [6.07, 6.45) is 1.12. The zero-order valence-electron chi connectivity index (χ0n) is 16.3. The number of hydrazone groups is 1. The number of hydrogen-bond acceptors (Lipinski definition) is 7. The number of benzene rings is 1. The summed E-state index contributed by atoms with van der Waals surface area (Å²) in [5.41, 5.74) is 0.893. The standard InChI is InChI=1S/C20H24N4O5/c1-2-29-20(28)15-13-16(24(22-15)14-7-4-3-5-8-14)19(27)21-11-6-12-23-17(25)9-10-18(23)26/h3-5,7-8,16H,2,6,9-13H2,1H3,(H,21,27). The molecule has 2 aliphatic heterocycles. The number of carbonyl (C=O) groups excluding carboxylic acids is 4. The summed E-state index contributed by atoms with van der Waals surface area (Å²) in [5, 5.41) is 8.64. The molecule has 0 bridgehead atoms. The van der Waals surface area contributed by atoms with Crippen molar-refractivity contribution in [2.24, 2.45) is 5.10 Å². The molecular weight excluding hydrogens is 376 g/mol. The summed E-state index contributed by atoms with van der Waals surface area (Å²) < 4.78 is 5.02. The molecule has 1 unspecified atom stereocenters. The van der Waals surface area contributed by atoms with Crippen molar-refractivity contribution in [2.75, 3.05) is 24.7 Å². The number of anilines is 1. The Morgan fingerprint density at radius 1 is 1.17 bits per heavy atom. The van der Waals surface area contributed by atoms with Crippen LogP contribution in [0.25, 0.3) is 0 Å². The number of hydrogen-bond donors (Lipinski definition) is 1. The van der Waals surface area contributed by atoms with Gasteiger partial charge in [0, 0.05) is 32.4 Å². The molecule has 0 saturated carbocycles. The minimum Gasteiger partial charge on any atom is -0.461 e. The van der Waals surface area contributed by atoms with Gasteiger partial charge in [0.15, 0.2) is 0 Å². The van der Waals surface area contributed by atoms with Crippen LogP contribution in [0.3, 0.4) is 0 Å². The normalized spacial score (nSPS) is 18.8. The highest BCUT2D eigenvalue weighted by Gasteiger charge is 2.36. The fraction of sp³-hybridized carbons (Fsp3) is 0.450. The molecule has 1 saturated heterocycles. The van der Waals surface area contributed by atoms with E-state index in [2.05, 4.69) is 10.4 Å². The van der Waals surface area contributed by atoms with Gasteiger partial charge in [-0.25, -0.2) is 4.79 Å². The van der Waals surface area contributed by atoms with Gasteiger partial charge in [0.2, 0.25) is 17.7 Å². The Labute approximate surface area is 168 Å². The summed E-state index contributed by atoms with van der Waals surface area (Å²) in [6, 6.07) is 8.45. The molecule has 9 nitrogen and oxygen atoms in total. The number of carbonyl (C=O) groups is 4. The Morgan fingerprint density at radius 2 is 1.86 bits per heavy atom. The van der Waals surface area contributed by atoms with Gasteiger partial charge in [0.1, 0.15) is 11.8 Å². The lowest BCUT2D eigenvalue weighted by Gasteiger charge is -2.23. The Balaban J connectivity index is 1.59. The minimum absolute atomic E-state index is 0.142. The number of para-hydroxylation sites is 1. The van der Waals surface area contributed by atoms with Crippen LogP contribution in [0.4, 0.5) is 5.69 Å². The summed E-state index contributed by atoms with van der Waals surface area (Å²) in [7, 11) is 0. The van der Waals surface area contributed by atoms with Crippen LogP contribution >= 0.6 is 0 Å². The third kappa shape index (κ3) is 4.79. The minimum atomic E-state index is -0.674. The first-order valence-corrected chi connectivity index (χ1v) is 9.71. The molecule has 2 heterocycles. The highest BCUT2D eigenvalue weighted by molar-refractivity contribution is 6.38. The van der Waals surface area contributed by atoms with Crippen molar-refractivity contribution in [1.29, 1.82) is 0 Å². The van der Waals surface area contributed by atoms with E-state index in [0.717, 1.165) is 0 Å². The zero-order valence-corrected chi connectivity index (χ0v) is 16.3. The molecule has 0 aromatic heterocycles. The topological polar surface area (TPSA) is 108 Å². The molecular formula is C20H24N4O5. The first kappa shape index (κ1) is 20.5. The number of esters is 1. The third-order valence-electron chi connectivity index (χ3n) is 4.76. The second-order valence-corrected chi connectivity index (χ2v) is 6.75. The van der Waals surface area contributed by atoms with Crippen LogP contribution in [0.1, 0.15) is 32.6 Å². The fourth-order valence-electron chi connectivity index (χ4n) is 3.31. The first-order valence-electron chi connectivity index (χ1n) is 9.71. The van der Waals surface area contributed by atoms with Crippen molar-refractivity contribution in [1.82, 2.24) is 10.2 Å². The van der Waals surface area contributed by atoms with E-state index in [9.17, 15) is 19.2 Å². The molecule has 9 heteroatoms. The van der Waals surface area contributed by atoms with Crippen molar-refractivity contribution in [3.8, 4) is 0 Å². The molecule has 1 aromatic carbocycles. The number of imide groups is 1. The van der Waals surface area contributed by atoms with Gasteiger partial charge in [-0.3, -0.25) is 24.3 Å². The van der Waals surface area contributed by atoms with Crippen molar-refractivity contribution >= 4 is 35.1 Å². The summed E-state index contributed by atoms with van der Waals surface area (Å²) in [6.45, 7) is 2.54. The fourth-order valence-corrected chi connectivity index (χ4v) is 3.31. The second-order valence-electron chi connectivity index (χ2n) is 6.75. The van der Waals surface area contributed by atoms with Gasteiger partial charge in [-0.2, -0.15) is 5.10 Å². The zero-order chi connectivity index (χ0) is 20.8. The molecule has 29 heavy (non-hydrogen) atoms. The van der Waals surface area contributed by atoms with E-state index in [-0.39, 0.29) is 55.8 Å². The van der Waals surface area contributed by atoms with Crippen molar-refractivity contribution in [3.63, 3.8) is 0 Å². The van der Waals surface area contributed by atoms with Crippen LogP contribution in [0.5, 0.6) is 0 Å². The molecule has 1 N–H and O–H groups in total. The van der Waals surface area contributed by atoms with E-state index in [4.69, 9.17) is 4.74 Å².